The summed E-state index contributed by atoms with van der Waals surface area (Å²) >= 11 is 6.78. The molecule has 0 aliphatic heterocycles. The van der Waals surface area contributed by atoms with Gasteiger partial charge in [-0.3, -0.25) is 0 Å². The average molecular weight is 293 g/mol. The molecule has 0 amide bonds. The van der Waals surface area contributed by atoms with E-state index in [0.29, 0.717) is 5.54 Å². The summed E-state index contributed by atoms with van der Waals surface area (Å²) in [6.07, 6.45) is 10.8. The molecule has 0 saturated heterocycles. The van der Waals surface area contributed by atoms with E-state index in [0.717, 1.165) is 38.9 Å². The van der Waals surface area contributed by atoms with Gasteiger partial charge in [0.15, 0.2) is 0 Å². The van der Waals surface area contributed by atoms with Crippen molar-refractivity contribution < 1.29 is 8.85 Å². The molecule has 1 fully saturated rings. The molecule has 0 aromatic heterocycles. The molecule has 0 heterocycles. The minimum Gasteiger partial charge on any atom is -0.383 e. The van der Waals surface area contributed by atoms with Gasteiger partial charge in [-0.05, 0) is 25.7 Å². The van der Waals surface area contributed by atoms with Crippen LogP contribution in [0.1, 0.15) is 71.6 Å². The van der Waals surface area contributed by atoms with Gasteiger partial charge < -0.3 is 8.85 Å². The largest absolute Gasteiger partial charge is 0.446 e. The van der Waals surface area contributed by atoms with Gasteiger partial charge >= 0.3 is 7.87 Å². The fraction of sp³-hybridized carbons (Fsp3) is 1.00. The van der Waals surface area contributed by atoms with Crippen molar-refractivity contribution >= 4 is 18.9 Å². The lowest BCUT2D eigenvalue weighted by Gasteiger charge is -2.34. The second-order valence-corrected chi connectivity index (χ2v) is 9.46. The molecule has 1 aliphatic rings. The molecule has 0 bridgehead atoms. The van der Waals surface area contributed by atoms with Crippen molar-refractivity contribution in [2.75, 3.05) is 13.2 Å². The second kappa shape index (κ2) is 9.35. The zero-order chi connectivity index (χ0) is 13.3. The van der Waals surface area contributed by atoms with Crippen LogP contribution in [0.3, 0.4) is 0 Å². The third kappa shape index (κ3) is 5.60. The quantitative estimate of drug-likeness (QED) is 0.333. The summed E-state index contributed by atoms with van der Waals surface area (Å²) in [5.41, 5.74) is 0.502. The Kier molecular flexibility index (Phi) is 8.56. The van der Waals surface area contributed by atoms with Crippen LogP contribution < -0.4 is 0 Å². The topological polar surface area (TPSA) is 18.5 Å². The lowest BCUT2D eigenvalue weighted by molar-refractivity contribution is 0.166. The molecule has 1 aliphatic carbocycles. The number of hydrogen-bond acceptors (Lipinski definition) is 2. The van der Waals surface area contributed by atoms with Crippen LogP contribution >= 0.6 is 11.1 Å². The zero-order valence-corrected chi connectivity index (χ0v) is 13.8. The van der Waals surface area contributed by atoms with Crippen molar-refractivity contribution in [1.29, 1.82) is 0 Å². The van der Waals surface area contributed by atoms with E-state index in [4.69, 9.17) is 19.9 Å². The molecule has 0 aromatic rings. The Morgan fingerprint density at radius 2 is 1.44 bits per heavy atom. The van der Waals surface area contributed by atoms with Gasteiger partial charge in [0.2, 0.25) is 0 Å². The standard InChI is InChI=1S/C14H29ClO2Si/c1-3-5-12-16-18(15,17-13-6-4-2)14-10-8-7-9-11-14/h14H,3-13H2,1-2H3. The first-order valence-electron chi connectivity index (χ1n) is 7.69. The predicted octanol–water partition coefficient (Wildman–Crippen LogP) is 5.13. The first-order valence-corrected chi connectivity index (χ1v) is 10.6. The summed E-state index contributed by atoms with van der Waals surface area (Å²) in [5, 5.41) is 0. The van der Waals surface area contributed by atoms with E-state index in [1.165, 1.54) is 32.1 Å². The normalized spacial score (nSPS) is 18.2. The SMILES string of the molecule is CCCCO[Si](Cl)(OCCCC)C1CCCCC1. The highest BCUT2D eigenvalue weighted by atomic mass is 35.6. The van der Waals surface area contributed by atoms with Crippen LogP contribution in [0, 0.1) is 0 Å². The smallest absolute Gasteiger partial charge is 0.383 e. The lowest BCUT2D eigenvalue weighted by Crippen LogP contribution is -2.43. The first-order chi connectivity index (χ1) is 8.73. The first kappa shape index (κ1) is 16.5. The molecule has 108 valence electrons. The third-order valence-corrected chi connectivity index (χ3v) is 8.01. The third-order valence-electron chi connectivity index (χ3n) is 3.69. The van der Waals surface area contributed by atoms with Crippen LogP contribution in [-0.4, -0.2) is 21.1 Å². The summed E-state index contributed by atoms with van der Waals surface area (Å²) in [5.74, 6) is 0. The lowest BCUT2D eigenvalue weighted by atomic mass is 10.0. The van der Waals surface area contributed by atoms with Crippen LogP contribution in [0.25, 0.3) is 0 Å². The Balaban J connectivity index is 2.47. The summed E-state index contributed by atoms with van der Waals surface area (Å²) in [7, 11) is -2.45. The number of unbranched alkanes of at least 4 members (excludes halogenated alkanes) is 2. The molecule has 4 heteroatoms. The molecule has 18 heavy (non-hydrogen) atoms. The van der Waals surface area contributed by atoms with Gasteiger partial charge in [0.05, 0.1) is 0 Å². The van der Waals surface area contributed by atoms with Crippen molar-refractivity contribution in [1.82, 2.24) is 0 Å². The number of halogens is 1. The van der Waals surface area contributed by atoms with Crippen LogP contribution in [0.2, 0.25) is 5.54 Å². The van der Waals surface area contributed by atoms with Gasteiger partial charge in [-0.2, -0.15) is 0 Å². The van der Waals surface area contributed by atoms with E-state index in [2.05, 4.69) is 13.8 Å². The average Bonchev–Trinajstić information content (AvgIpc) is 2.40. The Labute approximate surface area is 118 Å². The molecule has 0 spiro atoms. The zero-order valence-electron chi connectivity index (χ0n) is 12.0. The molecular formula is C14H29ClO2Si. The second-order valence-electron chi connectivity index (χ2n) is 5.32. The van der Waals surface area contributed by atoms with Gasteiger partial charge in [-0.15, -0.1) is 0 Å². The van der Waals surface area contributed by atoms with Crippen LogP contribution in [0.15, 0.2) is 0 Å². The Morgan fingerprint density at radius 1 is 0.944 bits per heavy atom. The van der Waals surface area contributed by atoms with E-state index < -0.39 is 7.87 Å². The van der Waals surface area contributed by atoms with Crippen molar-refractivity contribution in [3.05, 3.63) is 0 Å². The number of hydrogen-bond donors (Lipinski definition) is 0. The fourth-order valence-electron chi connectivity index (χ4n) is 2.44. The van der Waals surface area contributed by atoms with Crippen LogP contribution in [0.4, 0.5) is 0 Å². The van der Waals surface area contributed by atoms with Crippen molar-refractivity contribution in [3.63, 3.8) is 0 Å². The Morgan fingerprint density at radius 3 is 1.89 bits per heavy atom. The molecule has 0 N–H and O–H groups in total. The predicted molar refractivity (Wildman–Crippen MR) is 80.2 cm³/mol. The van der Waals surface area contributed by atoms with Gasteiger partial charge in [-0.1, -0.05) is 57.0 Å². The monoisotopic (exact) mass is 292 g/mol. The van der Waals surface area contributed by atoms with Gasteiger partial charge in [0, 0.05) is 18.8 Å². The molecular weight excluding hydrogens is 264 g/mol. The molecule has 2 nitrogen and oxygen atoms in total. The maximum absolute atomic E-state index is 6.78. The summed E-state index contributed by atoms with van der Waals surface area (Å²) in [6.45, 7) is 5.91. The van der Waals surface area contributed by atoms with Gasteiger partial charge in [0.1, 0.15) is 0 Å². The van der Waals surface area contributed by atoms with Crippen LogP contribution in [0.5, 0.6) is 0 Å². The summed E-state index contributed by atoms with van der Waals surface area (Å²) < 4.78 is 12.1. The van der Waals surface area contributed by atoms with E-state index in [1.54, 1.807) is 0 Å². The van der Waals surface area contributed by atoms with Crippen molar-refractivity contribution in [2.45, 2.75) is 77.2 Å². The van der Waals surface area contributed by atoms with Gasteiger partial charge in [-0.25, -0.2) is 0 Å². The van der Waals surface area contributed by atoms with E-state index in [9.17, 15) is 0 Å². The fourth-order valence-corrected chi connectivity index (χ4v) is 6.05. The maximum atomic E-state index is 6.78. The maximum Gasteiger partial charge on any atom is 0.446 e. The molecule has 0 radical (unpaired) electrons. The summed E-state index contributed by atoms with van der Waals surface area (Å²) in [4.78, 5) is 0. The molecule has 1 rings (SSSR count). The molecule has 1 saturated carbocycles. The highest BCUT2D eigenvalue weighted by molar-refractivity contribution is 7.13. The van der Waals surface area contributed by atoms with E-state index >= 15 is 0 Å². The highest BCUT2D eigenvalue weighted by Crippen LogP contribution is 2.40. The highest BCUT2D eigenvalue weighted by Gasteiger charge is 2.45. The van der Waals surface area contributed by atoms with Crippen molar-refractivity contribution in [3.8, 4) is 0 Å². The van der Waals surface area contributed by atoms with Crippen LogP contribution in [-0.2, 0) is 8.85 Å². The molecule has 0 aromatic carbocycles. The van der Waals surface area contributed by atoms with E-state index in [1.807, 2.05) is 0 Å². The molecule has 0 atom stereocenters. The minimum atomic E-state index is -2.45. The van der Waals surface area contributed by atoms with E-state index in [-0.39, 0.29) is 0 Å². The summed E-state index contributed by atoms with van der Waals surface area (Å²) in [6, 6.07) is 0. The number of rotatable bonds is 9. The van der Waals surface area contributed by atoms with Crippen molar-refractivity contribution in [2.24, 2.45) is 0 Å². The Bertz CT molecular complexity index is 198. The Hall–Kier alpha value is 0.427. The minimum absolute atomic E-state index is 0.502. The molecule has 0 unspecified atom stereocenters. The van der Waals surface area contributed by atoms with Gasteiger partial charge in [0.25, 0.3) is 0 Å².